The van der Waals surface area contributed by atoms with Crippen molar-refractivity contribution in [2.45, 2.75) is 38.0 Å². The van der Waals surface area contributed by atoms with E-state index in [9.17, 15) is 4.79 Å². The minimum Gasteiger partial charge on any atom is -0.493 e. The SMILES string of the molecule is COc1cc2nc(N3CCN(C(=O)C(c4ccc(Cl)cc4)C4CCCCC4)CC3)nc(N)c2cc1OC. The topological polar surface area (TPSA) is 93.8 Å². The van der Waals surface area contributed by atoms with Gasteiger partial charge in [-0.05, 0) is 42.5 Å². The lowest BCUT2D eigenvalue weighted by molar-refractivity contribution is -0.134. The van der Waals surface area contributed by atoms with Gasteiger partial charge in [0, 0.05) is 42.7 Å². The third-order valence-corrected chi connectivity index (χ3v) is 7.96. The Hall–Kier alpha value is -3.26. The molecule has 2 aliphatic rings. The first-order valence-electron chi connectivity index (χ1n) is 13.0. The fourth-order valence-corrected chi connectivity index (χ4v) is 5.81. The van der Waals surface area contributed by atoms with Gasteiger partial charge in [0.2, 0.25) is 11.9 Å². The van der Waals surface area contributed by atoms with E-state index in [1.807, 2.05) is 35.2 Å². The smallest absolute Gasteiger partial charge is 0.230 e. The van der Waals surface area contributed by atoms with Crippen LogP contribution in [0.5, 0.6) is 11.5 Å². The number of nitrogen functional groups attached to an aromatic ring is 1. The van der Waals surface area contributed by atoms with Gasteiger partial charge in [0.25, 0.3) is 0 Å². The van der Waals surface area contributed by atoms with Crippen LogP contribution in [0.15, 0.2) is 36.4 Å². The highest BCUT2D eigenvalue weighted by atomic mass is 35.5. The number of methoxy groups -OCH3 is 2. The molecule has 1 aliphatic carbocycles. The molecule has 1 unspecified atom stereocenters. The Morgan fingerprint density at radius 3 is 2.27 bits per heavy atom. The number of hydrogen-bond acceptors (Lipinski definition) is 7. The summed E-state index contributed by atoms with van der Waals surface area (Å²) in [6, 6.07) is 11.4. The molecule has 1 atom stereocenters. The molecule has 0 spiro atoms. The number of carbonyl (C=O) groups excluding carboxylic acids is 1. The number of hydrogen-bond donors (Lipinski definition) is 1. The van der Waals surface area contributed by atoms with Crippen LogP contribution in [0, 0.1) is 5.92 Å². The molecule has 196 valence electrons. The summed E-state index contributed by atoms with van der Waals surface area (Å²) in [6.07, 6.45) is 5.82. The van der Waals surface area contributed by atoms with Crippen molar-refractivity contribution in [3.05, 3.63) is 47.0 Å². The van der Waals surface area contributed by atoms with Crippen LogP contribution in [0.25, 0.3) is 10.9 Å². The first-order valence-corrected chi connectivity index (χ1v) is 13.3. The van der Waals surface area contributed by atoms with E-state index in [2.05, 4.69) is 9.88 Å². The molecule has 8 nitrogen and oxygen atoms in total. The van der Waals surface area contributed by atoms with Gasteiger partial charge in [0.1, 0.15) is 5.82 Å². The molecule has 0 bridgehead atoms. The normalized spacial score (nSPS) is 17.6. The molecular weight excluding hydrogens is 490 g/mol. The molecule has 5 rings (SSSR count). The molecule has 1 saturated heterocycles. The summed E-state index contributed by atoms with van der Waals surface area (Å²) in [4.78, 5) is 27.3. The second-order valence-corrected chi connectivity index (χ2v) is 10.3. The van der Waals surface area contributed by atoms with E-state index >= 15 is 0 Å². The molecular formula is C28H34ClN5O3. The van der Waals surface area contributed by atoms with Crippen LogP contribution >= 0.6 is 11.6 Å². The van der Waals surface area contributed by atoms with E-state index in [0.29, 0.717) is 71.3 Å². The minimum atomic E-state index is -0.126. The fraction of sp³-hybridized carbons (Fsp3) is 0.464. The minimum absolute atomic E-state index is 0.126. The van der Waals surface area contributed by atoms with Crippen LogP contribution in [-0.2, 0) is 4.79 Å². The zero-order chi connectivity index (χ0) is 25.9. The Morgan fingerprint density at radius 2 is 1.62 bits per heavy atom. The third kappa shape index (κ3) is 5.25. The summed E-state index contributed by atoms with van der Waals surface area (Å²) in [7, 11) is 3.18. The maximum atomic E-state index is 13.9. The fourth-order valence-electron chi connectivity index (χ4n) is 5.69. The Balaban J connectivity index is 1.34. The van der Waals surface area contributed by atoms with Crippen LogP contribution in [0.3, 0.4) is 0 Å². The highest BCUT2D eigenvalue weighted by molar-refractivity contribution is 6.30. The van der Waals surface area contributed by atoms with Crippen molar-refractivity contribution in [1.29, 1.82) is 0 Å². The van der Waals surface area contributed by atoms with Gasteiger partial charge in [-0.3, -0.25) is 4.79 Å². The van der Waals surface area contributed by atoms with Crippen molar-refractivity contribution in [2.24, 2.45) is 5.92 Å². The predicted octanol–water partition coefficient (Wildman–Crippen LogP) is 4.90. The number of nitrogens with two attached hydrogens (primary N) is 1. The summed E-state index contributed by atoms with van der Waals surface area (Å²) < 4.78 is 10.8. The number of fused-ring (bicyclic) bond motifs is 1. The number of ether oxygens (including phenoxy) is 2. The zero-order valence-corrected chi connectivity index (χ0v) is 22.2. The van der Waals surface area contributed by atoms with Crippen molar-refractivity contribution in [2.75, 3.05) is 51.0 Å². The van der Waals surface area contributed by atoms with Gasteiger partial charge in [-0.2, -0.15) is 4.98 Å². The van der Waals surface area contributed by atoms with Crippen LogP contribution in [0.4, 0.5) is 11.8 Å². The van der Waals surface area contributed by atoms with Crippen molar-refractivity contribution in [3.8, 4) is 11.5 Å². The average Bonchev–Trinajstić information content (AvgIpc) is 2.94. The monoisotopic (exact) mass is 523 g/mol. The quantitative estimate of drug-likeness (QED) is 0.491. The molecule has 3 aromatic rings. The van der Waals surface area contributed by atoms with Gasteiger partial charge >= 0.3 is 0 Å². The number of halogens is 1. The highest BCUT2D eigenvalue weighted by Crippen LogP contribution is 2.38. The first-order chi connectivity index (χ1) is 18.0. The molecule has 0 radical (unpaired) electrons. The Bertz CT molecular complexity index is 1250. The molecule has 37 heavy (non-hydrogen) atoms. The van der Waals surface area contributed by atoms with Crippen LogP contribution in [-0.4, -0.2) is 61.2 Å². The molecule has 1 saturated carbocycles. The third-order valence-electron chi connectivity index (χ3n) is 7.71. The molecule has 2 fully saturated rings. The Kier molecular flexibility index (Phi) is 7.55. The van der Waals surface area contributed by atoms with E-state index in [-0.39, 0.29) is 11.8 Å². The number of amides is 1. The van der Waals surface area contributed by atoms with Gasteiger partial charge in [-0.1, -0.05) is 43.0 Å². The number of carbonyl (C=O) groups is 1. The Labute approximate surface area is 222 Å². The zero-order valence-electron chi connectivity index (χ0n) is 21.5. The van der Waals surface area contributed by atoms with Crippen molar-refractivity contribution in [3.63, 3.8) is 0 Å². The summed E-state index contributed by atoms with van der Waals surface area (Å²) >= 11 is 6.15. The van der Waals surface area contributed by atoms with Crippen molar-refractivity contribution < 1.29 is 14.3 Å². The molecule has 1 amide bonds. The standard InChI is InChI=1S/C28H34ClN5O3/c1-36-23-16-21-22(17-24(23)37-2)31-28(32-26(21)30)34-14-12-33(13-15-34)27(35)25(18-6-4-3-5-7-18)19-8-10-20(29)11-9-19/h8-11,16-18,25H,3-7,12-15H2,1-2H3,(H2,30,31,32). The maximum absolute atomic E-state index is 13.9. The van der Waals surface area contributed by atoms with E-state index in [4.69, 9.17) is 31.8 Å². The maximum Gasteiger partial charge on any atom is 0.230 e. The number of rotatable bonds is 6. The van der Waals surface area contributed by atoms with E-state index in [1.165, 1.54) is 19.3 Å². The van der Waals surface area contributed by atoms with E-state index in [0.717, 1.165) is 18.4 Å². The Morgan fingerprint density at radius 1 is 0.973 bits per heavy atom. The molecule has 2 N–H and O–H groups in total. The summed E-state index contributed by atoms with van der Waals surface area (Å²) in [5, 5.41) is 1.41. The lowest BCUT2D eigenvalue weighted by atomic mass is 9.76. The number of piperazine rings is 1. The second kappa shape index (κ2) is 11.0. The van der Waals surface area contributed by atoms with Crippen LogP contribution < -0.4 is 20.1 Å². The predicted molar refractivity (Wildman–Crippen MR) is 147 cm³/mol. The average molecular weight is 524 g/mol. The number of anilines is 2. The molecule has 9 heteroatoms. The summed E-state index contributed by atoms with van der Waals surface area (Å²) in [6.45, 7) is 2.51. The van der Waals surface area contributed by atoms with Crippen molar-refractivity contribution in [1.82, 2.24) is 14.9 Å². The lowest BCUT2D eigenvalue weighted by Gasteiger charge is -2.39. The molecule has 2 heterocycles. The molecule has 1 aromatic heterocycles. The second-order valence-electron chi connectivity index (χ2n) is 9.87. The number of nitrogens with zero attached hydrogens (tertiary/aromatic N) is 4. The van der Waals surface area contributed by atoms with E-state index in [1.54, 1.807) is 20.3 Å². The largest absolute Gasteiger partial charge is 0.493 e. The van der Waals surface area contributed by atoms with Gasteiger partial charge in [-0.25, -0.2) is 4.98 Å². The molecule has 2 aromatic carbocycles. The van der Waals surface area contributed by atoms with Gasteiger partial charge in [0.15, 0.2) is 11.5 Å². The summed E-state index contributed by atoms with van der Waals surface area (Å²) in [5.41, 5.74) is 8.07. The van der Waals surface area contributed by atoms with Crippen LogP contribution in [0.2, 0.25) is 5.02 Å². The van der Waals surface area contributed by atoms with Gasteiger partial charge in [-0.15, -0.1) is 0 Å². The highest BCUT2D eigenvalue weighted by Gasteiger charge is 2.35. The van der Waals surface area contributed by atoms with E-state index < -0.39 is 0 Å². The first kappa shape index (κ1) is 25.4. The van der Waals surface area contributed by atoms with Crippen molar-refractivity contribution >= 4 is 40.2 Å². The summed E-state index contributed by atoms with van der Waals surface area (Å²) in [5.74, 6) is 2.58. The van der Waals surface area contributed by atoms with Crippen LogP contribution in [0.1, 0.15) is 43.6 Å². The van der Waals surface area contributed by atoms with Gasteiger partial charge in [0.05, 0.1) is 25.7 Å². The number of aromatic nitrogens is 2. The van der Waals surface area contributed by atoms with Gasteiger partial charge < -0.3 is 25.0 Å². The lowest BCUT2D eigenvalue weighted by Crippen LogP contribution is -2.51. The number of benzene rings is 2. The molecule has 1 aliphatic heterocycles.